The van der Waals surface area contributed by atoms with Crippen LogP contribution in [0.2, 0.25) is 0 Å². The number of nitrogens with zero attached hydrogens (tertiary/aromatic N) is 5. The van der Waals surface area contributed by atoms with Crippen LogP contribution in [0.3, 0.4) is 0 Å². The van der Waals surface area contributed by atoms with Crippen molar-refractivity contribution in [2.45, 2.75) is 20.4 Å². The Morgan fingerprint density at radius 3 is 2.38 bits per heavy atom. The largest absolute Gasteiger partial charge is 0.494 e. The molecule has 3 rings (SSSR count). The lowest BCUT2D eigenvalue weighted by molar-refractivity contribution is 0.340. The van der Waals surface area contributed by atoms with Crippen molar-refractivity contribution >= 4 is 5.82 Å². The molecule has 0 unspecified atom stereocenters. The highest BCUT2D eigenvalue weighted by molar-refractivity contribution is 5.51. The highest BCUT2D eigenvalue weighted by atomic mass is 16.5. The van der Waals surface area contributed by atoms with E-state index >= 15 is 0 Å². The molecule has 0 amide bonds. The third-order valence-electron chi connectivity index (χ3n) is 3.98. The van der Waals surface area contributed by atoms with Gasteiger partial charge in [0.15, 0.2) is 5.82 Å². The molecule has 0 aliphatic heterocycles. The molecule has 1 aromatic heterocycles. The molecule has 0 aliphatic carbocycles. The van der Waals surface area contributed by atoms with Gasteiger partial charge in [-0.05, 0) is 43.7 Å². The molecular weight excluding hydrogens is 326 g/mol. The van der Waals surface area contributed by atoms with E-state index in [0.29, 0.717) is 24.7 Å². The van der Waals surface area contributed by atoms with Crippen LogP contribution in [0.5, 0.6) is 5.75 Å². The molecule has 0 radical (unpaired) electrons. The number of rotatable bonds is 7. The van der Waals surface area contributed by atoms with Crippen LogP contribution in [0.15, 0.2) is 54.6 Å². The molecule has 6 heteroatoms. The molecule has 0 saturated carbocycles. The molecule has 132 valence electrons. The lowest BCUT2D eigenvalue weighted by Crippen LogP contribution is -2.23. The van der Waals surface area contributed by atoms with E-state index in [-0.39, 0.29) is 0 Å². The number of anilines is 1. The van der Waals surface area contributed by atoms with Crippen LogP contribution in [-0.4, -0.2) is 28.1 Å². The van der Waals surface area contributed by atoms with Crippen LogP contribution >= 0.6 is 0 Å². The Bertz CT molecular complexity index is 881. The maximum atomic E-state index is 9.49. The van der Waals surface area contributed by atoms with Crippen molar-refractivity contribution in [1.82, 2.24) is 15.0 Å². The summed E-state index contributed by atoms with van der Waals surface area (Å²) >= 11 is 0. The van der Waals surface area contributed by atoms with E-state index in [1.807, 2.05) is 61.2 Å². The second-order valence-electron chi connectivity index (χ2n) is 5.70. The molecule has 2 aromatic carbocycles. The lowest BCUT2D eigenvalue weighted by Gasteiger charge is -2.20. The fourth-order valence-electron chi connectivity index (χ4n) is 2.68. The van der Waals surface area contributed by atoms with E-state index in [0.717, 1.165) is 23.5 Å². The predicted molar refractivity (Wildman–Crippen MR) is 100 cm³/mol. The summed E-state index contributed by atoms with van der Waals surface area (Å²) in [5, 5.41) is 18.4. The van der Waals surface area contributed by atoms with Crippen molar-refractivity contribution in [1.29, 1.82) is 5.26 Å². The Labute approximate surface area is 153 Å². The lowest BCUT2D eigenvalue weighted by atomic mass is 10.2. The van der Waals surface area contributed by atoms with Gasteiger partial charge in [-0.25, -0.2) is 0 Å². The summed E-state index contributed by atoms with van der Waals surface area (Å²) in [7, 11) is 0. The Kier molecular flexibility index (Phi) is 5.49. The number of hydrogen-bond donors (Lipinski definition) is 0. The molecule has 0 aliphatic rings. The minimum Gasteiger partial charge on any atom is -0.494 e. The second-order valence-corrected chi connectivity index (χ2v) is 5.70. The van der Waals surface area contributed by atoms with Crippen molar-refractivity contribution in [3.8, 4) is 17.5 Å². The average molecular weight is 347 g/mol. The van der Waals surface area contributed by atoms with Gasteiger partial charge in [-0.15, -0.1) is 15.0 Å². The summed E-state index contributed by atoms with van der Waals surface area (Å²) in [6, 6.07) is 19.8. The Balaban J connectivity index is 1.89. The van der Waals surface area contributed by atoms with Gasteiger partial charge < -0.3 is 9.64 Å². The molecule has 0 N–H and O–H groups in total. The molecular formula is C20H21N5O. The Hall–Kier alpha value is -3.33. The average Bonchev–Trinajstić information content (AvgIpc) is 3.12. The maximum Gasteiger partial charge on any atom is 0.207 e. The zero-order valence-corrected chi connectivity index (χ0v) is 15.0. The standard InChI is InChI=1S/C20H21N5O/c1-3-24(15-16-8-6-5-7-9-16)20-19(14-21)22-25(23-20)17-10-12-18(13-11-17)26-4-2/h5-13H,3-4,15H2,1-2H3. The van der Waals surface area contributed by atoms with Crippen LogP contribution in [0, 0.1) is 11.3 Å². The first-order valence-corrected chi connectivity index (χ1v) is 8.64. The minimum absolute atomic E-state index is 0.316. The van der Waals surface area contributed by atoms with Crippen LogP contribution in [0.25, 0.3) is 5.69 Å². The summed E-state index contributed by atoms with van der Waals surface area (Å²) in [5.41, 5.74) is 2.26. The Morgan fingerprint density at radius 1 is 1.04 bits per heavy atom. The molecule has 0 saturated heterocycles. The molecule has 0 bridgehead atoms. The first kappa shape index (κ1) is 17.5. The number of aromatic nitrogens is 3. The summed E-state index contributed by atoms with van der Waals surface area (Å²) in [4.78, 5) is 3.54. The Morgan fingerprint density at radius 2 is 1.77 bits per heavy atom. The van der Waals surface area contributed by atoms with Gasteiger partial charge in [-0.3, -0.25) is 0 Å². The van der Waals surface area contributed by atoms with Crippen LogP contribution < -0.4 is 9.64 Å². The minimum atomic E-state index is 0.316. The van der Waals surface area contributed by atoms with Crippen molar-refractivity contribution in [3.63, 3.8) is 0 Å². The highest BCUT2D eigenvalue weighted by Crippen LogP contribution is 2.21. The number of benzene rings is 2. The van der Waals surface area contributed by atoms with Crippen LogP contribution in [-0.2, 0) is 6.54 Å². The third-order valence-corrected chi connectivity index (χ3v) is 3.98. The van der Waals surface area contributed by atoms with Crippen LogP contribution in [0.1, 0.15) is 25.1 Å². The van der Waals surface area contributed by atoms with E-state index in [2.05, 4.69) is 28.4 Å². The van der Waals surface area contributed by atoms with Gasteiger partial charge in [-0.1, -0.05) is 30.3 Å². The fraction of sp³-hybridized carbons (Fsp3) is 0.250. The summed E-state index contributed by atoms with van der Waals surface area (Å²) < 4.78 is 5.46. The van der Waals surface area contributed by atoms with Gasteiger partial charge in [0.1, 0.15) is 11.8 Å². The topological polar surface area (TPSA) is 67.0 Å². The number of hydrogen-bond acceptors (Lipinski definition) is 5. The van der Waals surface area contributed by atoms with Gasteiger partial charge in [0.25, 0.3) is 0 Å². The first-order valence-electron chi connectivity index (χ1n) is 8.64. The first-order chi connectivity index (χ1) is 12.7. The number of ether oxygens (including phenoxy) is 1. The predicted octanol–water partition coefficient (Wildman–Crippen LogP) is 3.56. The molecule has 1 heterocycles. The van der Waals surface area contributed by atoms with Crippen molar-refractivity contribution in [3.05, 3.63) is 65.9 Å². The van der Waals surface area contributed by atoms with E-state index in [4.69, 9.17) is 4.74 Å². The molecule has 0 spiro atoms. The smallest absolute Gasteiger partial charge is 0.207 e. The maximum absolute atomic E-state index is 9.49. The monoisotopic (exact) mass is 347 g/mol. The number of nitriles is 1. The normalized spacial score (nSPS) is 10.3. The van der Waals surface area contributed by atoms with Crippen molar-refractivity contribution in [2.75, 3.05) is 18.1 Å². The zero-order valence-electron chi connectivity index (χ0n) is 15.0. The molecule has 6 nitrogen and oxygen atoms in total. The van der Waals surface area contributed by atoms with Crippen molar-refractivity contribution < 1.29 is 4.74 Å². The molecule has 0 fully saturated rings. The van der Waals surface area contributed by atoms with Gasteiger partial charge in [0.05, 0.1) is 12.3 Å². The van der Waals surface area contributed by atoms with E-state index in [1.165, 1.54) is 4.80 Å². The SMILES string of the molecule is CCOc1ccc(-n2nc(C#N)c(N(CC)Cc3ccccc3)n2)cc1. The van der Waals surface area contributed by atoms with Crippen LogP contribution in [0.4, 0.5) is 5.82 Å². The zero-order chi connectivity index (χ0) is 18.4. The molecule has 26 heavy (non-hydrogen) atoms. The van der Waals surface area contributed by atoms with Gasteiger partial charge in [-0.2, -0.15) is 5.26 Å². The molecule has 0 atom stereocenters. The summed E-state index contributed by atoms with van der Waals surface area (Å²) in [6.07, 6.45) is 0. The van der Waals surface area contributed by atoms with E-state index in [1.54, 1.807) is 0 Å². The van der Waals surface area contributed by atoms with Gasteiger partial charge >= 0.3 is 0 Å². The van der Waals surface area contributed by atoms with Gasteiger partial charge in [0.2, 0.25) is 5.69 Å². The van der Waals surface area contributed by atoms with E-state index in [9.17, 15) is 5.26 Å². The quantitative estimate of drug-likeness (QED) is 0.654. The van der Waals surface area contributed by atoms with Crippen molar-refractivity contribution in [2.24, 2.45) is 0 Å². The molecule has 3 aromatic rings. The summed E-state index contributed by atoms with van der Waals surface area (Å²) in [6.45, 7) is 6.01. The third kappa shape index (κ3) is 3.83. The second kappa shape index (κ2) is 8.17. The summed E-state index contributed by atoms with van der Waals surface area (Å²) in [5.74, 6) is 1.39. The highest BCUT2D eigenvalue weighted by Gasteiger charge is 2.18. The fourth-order valence-corrected chi connectivity index (χ4v) is 2.68. The van der Waals surface area contributed by atoms with E-state index < -0.39 is 0 Å². The van der Waals surface area contributed by atoms with Gasteiger partial charge in [0, 0.05) is 13.1 Å².